The molecule has 10 heteroatoms. The van der Waals surface area contributed by atoms with Gasteiger partial charge in [-0.3, -0.25) is 4.79 Å². The largest absolute Gasteiger partial charge is 0.489 e. The normalized spacial score (nSPS) is 11.7. The number of nitrogens with one attached hydrogen (secondary N) is 1. The molecule has 0 aliphatic carbocycles. The van der Waals surface area contributed by atoms with Crippen molar-refractivity contribution in [3.63, 3.8) is 0 Å². The molecule has 0 aliphatic heterocycles. The van der Waals surface area contributed by atoms with Crippen molar-refractivity contribution in [3.8, 4) is 16.9 Å². The smallest absolute Gasteiger partial charge is 0.217 e. The summed E-state index contributed by atoms with van der Waals surface area (Å²) in [7, 11) is -4.03. The number of ether oxygens (including phenoxy) is 1. The molecule has 0 atom stereocenters. The van der Waals surface area contributed by atoms with Gasteiger partial charge < -0.3 is 26.0 Å². The SMILES string of the molecule is CC(=O)NC(CO)(CO)CCc1ccc(S(=O)(=O)c2ccc(N)cc2-c2cccc(OCc3ccccc3)c2)cc1Cl. The van der Waals surface area contributed by atoms with Crippen LogP contribution in [0.3, 0.4) is 0 Å². The van der Waals surface area contributed by atoms with E-state index in [-0.39, 0.29) is 27.7 Å². The number of carbonyl (C=O) groups excluding carboxylic acids is 1. The predicted molar refractivity (Wildman–Crippen MR) is 163 cm³/mol. The fourth-order valence-electron chi connectivity index (χ4n) is 4.62. The van der Waals surface area contributed by atoms with E-state index >= 15 is 0 Å². The Labute approximate surface area is 250 Å². The molecule has 0 spiro atoms. The third-order valence-electron chi connectivity index (χ3n) is 6.94. The summed E-state index contributed by atoms with van der Waals surface area (Å²) in [5.41, 5.74) is 7.91. The molecule has 220 valence electrons. The molecule has 5 N–H and O–H groups in total. The lowest BCUT2D eigenvalue weighted by Gasteiger charge is -2.30. The Morgan fingerprint density at radius 2 is 1.69 bits per heavy atom. The number of benzene rings is 4. The van der Waals surface area contributed by atoms with Crippen LogP contribution in [0.1, 0.15) is 24.5 Å². The molecule has 4 aromatic carbocycles. The predicted octanol–water partition coefficient (Wildman–Crippen LogP) is 4.79. The molecule has 4 aromatic rings. The van der Waals surface area contributed by atoms with Crippen LogP contribution >= 0.6 is 11.6 Å². The Hall–Kier alpha value is -3.89. The van der Waals surface area contributed by atoms with Gasteiger partial charge in [-0.25, -0.2) is 8.42 Å². The quantitative estimate of drug-likeness (QED) is 0.170. The number of amides is 1. The van der Waals surface area contributed by atoms with Gasteiger partial charge in [-0.05, 0) is 72.0 Å². The number of sulfone groups is 1. The Morgan fingerprint density at radius 3 is 2.36 bits per heavy atom. The van der Waals surface area contributed by atoms with Crippen molar-refractivity contribution in [1.82, 2.24) is 5.32 Å². The Bertz CT molecular complexity index is 1660. The minimum atomic E-state index is -4.03. The fourth-order valence-corrected chi connectivity index (χ4v) is 6.45. The highest BCUT2D eigenvalue weighted by Gasteiger charge is 2.30. The number of hydrogen-bond donors (Lipinski definition) is 4. The molecule has 0 aromatic heterocycles. The molecule has 0 heterocycles. The summed E-state index contributed by atoms with van der Waals surface area (Å²) in [6, 6.07) is 25.9. The van der Waals surface area contributed by atoms with Crippen molar-refractivity contribution in [2.24, 2.45) is 0 Å². The molecule has 0 fully saturated rings. The van der Waals surface area contributed by atoms with Crippen molar-refractivity contribution in [3.05, 3.63) is 107 Å². The molecule has 0 bridgehead atoms. The Morgan fingerprint density at radius 1 is 0.952 bits per heavy atom. The van der Waals surface area contributed by atoms with Gasteiger partial charge in [-0.15, -0.1) is 0 Å². The van der Waals surface area contributed by atoms with Crippen molar-refractivity contribution < 1.29 is 28.2 Å². The second-order valence-electron chi connectivity index (χ2n) is 10.1. The number of halogens is 1. The van der Waals surface area contributed by atoms with Gasteiger partial charge in [-0.1, -0.05) is 60.1 Å². The zero-order valence-corrected chi connectivity index (χ0v) is 24.7. The summed E-state index contributed by atoms with van der Waals surface area (Å²) in [4.78, 5) is 11.6. The van der Waals surface area contributed by atoms with Gasteiger partial charge in [0.15, 0.2) is 0 Å². The lowest BCUT2D eigenvalue weighted by Crippen LogP contribution is -2.53. The van der Waals surface area contributed by atoms with Gasteiger partial charge in [0.25, 0.3) is 0 Å². The average Bonchev–Trinajstić information content (AvgIpc) is 2.99. The number of hydrogen-bond acceptors (Lipinski definition) is 7. The molecule has 8 nitrogen and oxygen atoms in total. The van der Waals surface area contributed by atoms with Crippen molar-refractivity contribution in [2.45, 2.75) is 41.7 Å². The highest BCUT2D eigenvalue weighted by Crippen LogP contribution is 2.36. The third-order valence-corrected chi connectivity index (χ3v) is 9.10. The summed E-state index contributed by atoms with van der Waals surface area (Å²) in [5, 5.41) is 22.4. The maximum atomic E-state index is 13.9. The van der Waals surface area contributed by atoms with E-state index in [4.69, 9.17) is 22.1 Å². The van der Waals surface area contributed by atoms with E-state index in [0.29, 0.717) is 34.7 Å². The van der Waals surface area contributed by atoms with Gasteiger partial charge in [0.2, 0.25) is 15.7 Å². The van der Waals surface area contributed by atoms with Crippen LogP contribution in [0.2, 0.25) is 5.02 Å². The Balaban J connectivity index is 1.62. The number of aliphatic hydroxyl groups is 2. The van der Waals surface area contributed by atoms with Gasteiger partial charge in [0.05, 0.1) is 28.5 Å². The van der Waals surface area contributed by atoms with Crippen LogP contribution in [0.4, 0.5) is 5.69 Å². The summed E-state index contributed by atoms with van der Waals surface area (Å²) in [5.74, 6) is 0.189. The number of nitrogens with two attached hydrogens (primary N) is 1. The van der Waals surface area contributed by atoms with Crippen LogP contribution in [0.15, 0.2) is 101 Å². The molecule has 42 heavy (non-hydrogen) atoms. The first-order valence-corrected chi connectivity index (χ1v) is 15.1. The van der Waals surface area contributed by atoms with E-state index in [1.54, 1.807) is 36.4 Å². The zero-order chi connectivity index (χ0) is 30.3. The van der Waals surface area contributed by atoms with Crippen LogP contribution < -0.4 is 15.8 Å². The lowest BCUT2D eigenvalue weighted by atomic mass is 9.92. The van der Waals surface area contributed by atoms with Crippen LogP contribution in [-0.2, 0) is 27.7 Å². The molecule has 0 aliphatic rings. The van der Waals surface area contributed by atoms with Crippen LogP contribution in [0.25, 0.3) is 11.1 Å². The van der Waals surface area contributed by atoms with E-state index < -0.39 is 34.5 Å². The van der Waals surface area contributed by atoms with E-state index in [1.165, 1.54) is 31.2 Å². The molecule has 1 amide bonds. The number of aryl methyl sites for hydroxylation is 1. The molecule has 4 rings (SSSR count). The standard InChI is InChI=1S/C32H33ClN2O6S/c1-22(38)35-32(20-36,21-37)15-14-24-10-12-28(18-30(24)33)42(39,40)31-13-11-26(34)17-29(31)25-8-5-9-27(16-25)41-19-23-6-3-2-4-7-23/h2-13,16-18,36-37H,14-15,19-21,34H2,1H3,(H,35,38). The maximum absolute atomic E-state index is 13.9. The van der Waals surface area contributed by atoms with Crippen LogP contribution in [0, 0.1) is 0 Å². The van der Waals surface area contributed by atoms with Crippen molar-refractivity contribution in [1.29, 1.82) is 0 Å². The molecule has 0 unspecified atom stereocenters. The lowest BCUT2D eigenvalue weighted by molar-refractivity contribution is -0.122. The van der Waals surface area contributed by atoms with E-state index in [9.17, 15) is 23.4 Å². The molecule has 0 saturated carbocycles. The number of anilines is 1. The van der Waals surface area contributed by atoms with Crippen LogP contribution in [0.5, 0.6) is 5.75 Å². The number of nitrogen functional groups attached to an aromatic ring is 1. The molecular weight excluding hydrogens is 576 g/mol. The minimum absolute atomic E-state index is 0.00352. The monoisotopic (exact) mass is 608 g/mol. The first-order valence-electron chi connectivity index (χ1n) is 13.3. The third kappa shape index (κ3) is 7.30. The maximum Gasteiger partial charge on any atom is 0.217 e. The first-order chi connectivity index (χ1) is 20.1. The van der Waals surface area contributed by atoms with E-state index in [2.05, 4.69) is 5.32 Å². The summed E-state index contributed by atoms with van der Waals surface area (Å²) in [6.07, 6.45) is 0.472. The highest BCUT2D eigenvalue weighted by molar-refractivity contribution is 7.91. The zero-order valence-electron chi connectivity index (χ0n) is 23.1. The fraction of sp³-hybridized carbons (Fsp3) is 0.219. The second-order valence-corrected chi connectivity index (χ2v) is 12.4. The molecular formula is C32H33ClN2O6S. The molecule has 0 saturated heterocycles. The summed E-state index contributed by atoms with van der Waals surface area (Å²) in [6.45, 7) is 0.725. The number of carbonyl (C=O) groups is 1. The summed E-state index contributed by atoms with van der Waals surface area (Å²) >= 11 is 6.52. The van der Waals surface area contributed by atoms with Crippen molar-refractivity contribution in [2.75, 3.05) is 18.9 Å². The van der Waals surface area contributed by atoms with E-state index in [1.807, 2.05) is 30.3 Å². The topological polar surface area (TPSA) is 139 Å². The van der Waals surface area contributed by atoms with Gasteiger partial charge in [0, 0.05) is 23.2 Å². The Kier molecular flexibility index (Phi) is 9.90. The number of aliphatic hydroxyl groups excluding tert-OH is 2. The second kappa shape index (κ2) is 13.4. The van der Waals surface area contributed by atoms with E-state index in [0.717, 1.165) is 5.56 Å². The van der Waals surface area contributed by atoms with Crippen molar-refractivity contribution >= 4 is 33.0 Å². The highest BCUT2D eigenvalue weighted by atomic mass is 35.5. The van der Waals surface area contributed by atoms with Crippen LogP contribution in [-0.4, -0.2) is 43.3 Å². The van der Waals surface area contributed by atoms with Gasteiger partial charge >= 0.3 is 0 Å². The number of rotatable bonds is 12. The first kappa shape index (κ1) is 31.1. The molecule has 0 radical (unpaired) electrons. The minimum Gasteiger partial charge on any atom is -0.489 e. The van der Waals surface area contributed by atoms with Gasteiger partial charge in [-0.2, -0.15) is 0 Å². The van der Waals surface area contributed by atoms with Gasteiger partial charge in [0.1, 0.15) is 12.4 Å². The average molecular weight is 609 g/mol. The summed E-state index contributed by atoms with van der Waals surface area (Å²) < 4.78 is 33.7.